The maximum Gasteiger partial charge on any atom is 0.329 e. The number of amides is 4. The fourth-order valence-electron chi connectivity index (χ4n) is 4.10. The third-order valence-electron chi connectivity index (χ3n) is 5.88. The number of imide groups is 1. The Labute approximate surface area is 182 Å². The molecule has 2 aliphatic rings. The molecule has 0 saturated carbocycles. The van der Waals surface area contributed by atoms with E-state index in [1.807, 2.05) is 4.90 Å². The van der Waals surface area contributed by atoms with Gasteiger partial charge in [-0.05, 0) is 60.7 Å². The second kappa shape index (κ2) is 8.79. The maximum absolute atomic E-state index is 13.0. The zero-order valence-electron chi connectivity index (χ0n) is 17.9. The summed E-state index contributed by atoms with van der Waals surface area (Å²) < 4.78 is 0. The number of piperidine rings is 1. The molecule has 0 unspecified atom stereocenters. The number of rotatable bonds is 5. The van der Waals surface area contributed by atoms with Gasteiger partial charge in [-0.2, -0.15) is 0 Å². The quantitative estimate of drug-likeness (QED) is 0.725. The van der Waals surface area contributed by atoms with E-state index in [0.717, 1.165) is 25.1 Å². The van der Waals surface area contributed by atoms with Crippen molar-refractivity contribution in [1.29, 1.82) is 0 Å². The van der Waals surface area contributed by atoms with Crippen LogP contribution in [0.5, 0.6) is 0 Å². The summed E-state index contributed by atoms with van der Waals surface area (Å²) in [7, 11) is 0. The molecule has 0 bridgehead atoms. The first kappa shape index (κ1) is 20.9. The second-order valence-electron chi connectivity index (χ2n) is 8.50. The lowest BCUT2D eigenvalue weighted by atomic mass is 10.0. The summed E-state index contributed by atoms with van der Waals surface area (Å²) >= 11 is 0. The Morgan fingerprint density at radius 3 is 2.39 bits per heavy atom. The number of carbonyl (C=O) groups is 3. The van der Waals surface area contributed by atoms with E-state index in [1.165, 1.54) is 10.5 Å². The third kappa shape index (κ3) is 4.71. The standard InChI is InChI=1S/C24H28N4O3/c1-16(2)17-5-9-19(10-6-17)25-20-4-3-13-27(14-20)23(30)18-7-11-21(12-8-18)28-15-22(29)26-24(28)31/h5-12,16,20,25H,3-4,13-15H2,1-2H3,(H,26,29,31)/t20-/m0/s1. The van der Waals surface area contributed by atoms with Crippen LogP contribution in [0.3, 0.4) is 0 Å². The van der Waals surface area contributed by atoms with Gasteiger partial charge >= 0.3 is 6.03 Å². The van der Waals surface area contributed by atoms with Crippen LogP contribution in [-0.2, 0) is 4.79 Å². The van der Waals surface area contributed by atoms with E-state index in [0.29, 0.717) is 23.7 Å². The average Bonchev–Trinajstić information content (AvgIpc) is 3.12. The smallest absolute Gasteiger partial charge is 0.329 e. The lowest BCUT2D eigenvalue weighted by Gasteiger charge is -2.34. The van der Waals surface area contributed by atoms with Gasteiger partial charge in [0.1, 0.15) is 6.54 Å². The van der Waals surface area contributed by atoms with Crippen LogP contribution < -0.4 is 15.5 Å². The Morgan fingerprint density at radius 1 is 1.06 bits per heavy atom. The van der Waals surface area contributed by atoms with E-state index < -0.39 is 6.03 Å². The SMILES string of the molecule is CC(C)c1ccc(N[C@H]2CCCN(C(=O)c3ccc(N4CC(=O)NC4=O)cc3)C2)cc1. The topological polar surface area (TPSA) is 81.8 Å². The highest BCUT2D eigenvalue weighted by Gasteiger charge is 2.28. The number of nitrogens with one attached hydrogen (secondary N) is 2. The molecular weight excluding hydrogens is 392 g/mol. The zero-order valence-corrected chi connectivity index (χ0v) is 17.9. The molecule has 2 aromatic carbocycles. The number of likely N-dealkylation sites (tertiary alicyclic amines) is 1. The Kier molecular flexibility index (Phi) is 5.93. The van der Waals surface area contributed by atoms with Crippen molar-refractivity contribution < 1.29 is 14.4 Å². The van der Waals surface area contributed by atoms with E-state index in [2.05, 4.69) is 48.7 Å². The van der Waals surface area contributed by atoms with Gasteiger partial charge in [-0.3, -0.25) is 19.8 Å². The number of carbonyl (C=O) groups excluding carboxylic acids is 3. The monoisotopic (exact) mass is 420 g/mol. The van der Waals surface area contributed by atoms with Crippen LogP contribution in [0.4, 0.5) is 16.2 Å². The van der Waals surface area contributed by atoms with Crippen molar-refractivity contribution in [3.8, 4) is 0 Å². The molecule has 2 N–H and O–H groups in total. The van der Waals surface area contributed by atoms with Crippen LogP contribution in [0.15, 0.2) is 48.5 Å². The summed E-state index contributed by atoms with van der Waals surface area (Å²) in [4.78, 5) is 39.4. The molecule has 2 saturated heterocycles. The molecule has 2 aliphatic heterocycles. The number of urea groups is 1. The van der Waals surface area contributed by atoms with Crippen molar-refractivity contribution >= 4 is 29.2 Å². The van der Waals surface area contributed by atoms with Crippen molar-refractivity contribution in [2.24, 2.45) is 0 Å². The number of hydrogen-bond donors (Lipinski definition) is 2. The van der Waals surface area contributed by atoms with Crippen LogP contribution in [0, 0.1) is 0 Å². The van der Waals surface area contributed by atoms with Crippen molar-refractivity contribution in [1.82, 2.24) is 10.2 Å². The molecule has 31 heavy (non-hydrogen) atoms. The molecule has 7 heteroatoms. The van der Waals surface area contributed by atoms with Gasteiger partial charge < -0.3 is 10.2 Å². The molecule has 2 aromatic rings. The van der Waals surface area contributed by atoms with E-state index in [-0.39, 0.29) is 24.4 Å². The average molecular weight is 421 g/mol. The fourth-order valence-corrected chi connectivity index (χ4v) is 4.10. The summed E-state index contributed by atoms with van der Waals surface area (Å²) in [6, 6.07) is 15.1. The fraction of sp³-hybridized carbons (Fsp3) is 0.375. The van der Waals surface area contributed by atoms with Crippen molar-refractivity contribution in [3.63, 3.8) is 0 Å². The number of benzene rings is 2. The van der Waals surface area contributed by atoms with Gasteiger partial charge in [0.05, 0.1) is 0 Å². The molecule has 4 amide bonds. The minimum absolute atomic E-state index is 0.00372. The molecule has 0 aromatic heterocycles. The van der Waals surface area contributed by atoms with Gasteiger partial charge in [-0.15, -0.1) is 0 Å². The molecule has 162 valence electrons. The molecular formula is C24H28N4O3. The molecule has 0 spiro atoms. The van der Waals surface area contributed by atoms with Gasteiger partial charge in [-0.1, -0.05) is 26.0 Å². The summed E-state index contributed by atoms with van der Waals surface area (Å²) in [5, 5.41) is 5.82. The molecule has 0 aliphatic carbocycles. The van der Waals surface area contributed by atoms with Crippen molar-refractivity contribution in [3.05, 3.63) is 59.7 Å². The van der Waals surface area contributed by atoms with Crippen molar-refractivity contribution in [2.75, 3.05) is 29.9 Å². The number of anilines is 2. The Balaban J connectivity index is 1.38. The van der Waals surface area contributed by atoms with Gasteiger partial charge in [0.15, 0.2) is 0 Å². The lowest BCUT2D eigenvalue weighted by molar-refractivity contribution is -0.117. The summed E-state index contributed by atoms with van der Waals surface area (Å²) in [5.41, 5.74) is 3.57. The van der Waals surface area contributed by atoms with E-state index >= 15 is 0 Å². The Bertz CT molecular complexity index is 969. The van der Waals surface area contributed by atoms with E-state index in [4.69, 9.17) is 0 Å². The highest BCUT2D eigenvalue weighted by atomic mass is 16.2. The molecule has 2 heterocycles. The van der Waals surface area contributed by atoms with Gasteiger partial charge in [-0.25, -0.2) is 4.79 Å². The normalized spacial score (nSPS) is 19.0. The molecule has 0 radical (unpaired) electrons. The van der Waals surface area contributed by atoms with E-state index in [9.17, 15) is 14.4 Å². The maximum atomic E-state index is 13.0. The van der Waals surface area contributed by atoms with Crippen LogP contribution in [-0.4, -0.2) is 48.4 Å². The second-order valence-corrected chi connectivity index (χ2v) is 8.50. The lowest BCUT2D eigenvalue weighted by Crippen LogP contribution is -2.45. The van der Waals surface area contributed by atoms with Crippen LogP contribution in [0.1, 0.15) is 48.5 Å². The highest BCUT2D eigenvalue weighted by Crippen LogP contribution is 2.22. The molecule has 1 atom stereocenters. The molecule has 4 rings (SSSR count). The first-order chi connectivity index (χ1) is 14.9. The zero-order chi connectivity index (χ0) is 22.0. The minimum Gasteiger partial charge on any atom is -0.381 e. The molecule has 2 fully saturated rings. The predicted octanol–water partition coefficient (Wildman–Crippen LogP) is 3.58. The van der Waals surface area contributed by atoms with Crippen molar-refractivity contribution in [2.45, 2.75) is 38.6 Å². The molecule has 7 nitrogen and oxygen atoms in total. The summed E-state index contributed by atoms with van der Waals surface area (Å²) in [5.74, 6) is 0.162. The minimum atomic E-state index is -0.435. The Morgan fingerprint density at radius 2 is 1.77 bits per heavy atom. The van der Waals surface area contributed by atoms with Crippen LogP contribution >= 0.6 is 0 Å². The van der Waals surface area contributed by atoms with Gasteiger partial charge in [0.25, 0.3) is 5.91 Å². The van der Waals surface area contributed by atoms with Gasteiger partial charge in [0.2, 0.25) is 5.91 Å². The number of hydrogen-bond acceptors (Lipinski definition) is 4. The predicted molar refractivity (Wildman–Crippen MR) is 120 cm³/mol. The highest BCUT2D eigenvalue weighted by molar-refractivity contribution is 6.12. The summed E-state index contributed by atoms with van der Waals surface area (Å²) in [6.07, 6.45) is 1.97. The number of nitrogens with zero attached hydrogens (tertiary/aromatic N) is 2. The Hall–Kier alpha value is -3.35. The van der Waals surface area contributed by atoms with Gasteiger partial charge in [0, 0.05) is 36.1 Å². The van der Waals surface area contributed by atoms with Crippen LogP contribution in [0.2, 0.25) is 0 Å². The summed E-state index contributed by atoms with van der Waals surface area (Å²) in [6.45, 7) is 5.74. The van der Waals surface area contributed by atoms with E-state index in [1.54, 1.807) is 24.3 Å². The first-order valence-electron chi connectivity index (χ1n) is 10.8. The third-order valence-corrected chi connectivity index (χ3v) is 5.88. The first-order valence-corrected chi connectivity index (χ1v) is 10.8. The largest absolute Gasteiger partial charge is 0.381 e. The van der Waals surface area contributed by atoms with Crippen LogP contribution in [0.25, 0.3) is 0 Å².